The van der Waals surface area contributed by atoms with E-state index < -0.39 is 26.6 Å². The van der Waals surface area contributed by atoms with Crippen LogP contribution in [0.3, 0.4) is 0 Å². The Morgan fingerprint density at radius 3 is 2.55 bits per heavy atom. The molecular weight excluding hydrogens is 327 g/mol. The van der Waals surface area contributed by atoms with E-state index in [4.69, 9.17) is 33.6 Å². The highest BCUT2D eigenvalue weighted by Gasteiger charge is 2.27. The summed E-state index contributed by atoms with van der Waals surface area (Å²) < 4.78 is 25.4. The maximum Gasteiger partial charge on any atom is 0.338 e. The molecule has 0 unspecified atom stereocenters. The van der Waals surface area contributed by atoms with Crippen LogP contribution in [0.2, 0.25) is 10.0 Å². The van der Waals surface area contributed by atoms with Crippen LogP contribution < -0.4 is 0 Å². The van der Waals surface area contributed by atoms with Crippen molar-refractivity contribution in [3.63, 3.8) is 0 Å². The Kier molecular flexibility index (Phi) is 5.36. The summed E-state index contributed by atoms with van der Waals surface area (Å²) in [5, 5.41) is 16.9. The Bertz CT molecular complexity index is 682. The lowest BCUT2D eigenvalue weighted by Crippen LogP contribution is -2.28. The predicted octanol–water partition coefficient (Wildman–Crippen LogP) is 2.23. The number of rotatable bonds is 5. The fraction of sp³-hybridized carbons (Fsp3) is 0.273. The minimum absolute atomic E-state index is 0.00667. The summed E-state index contributed by atoms with van der Waals surface area (Å²) in [5.74, 6) is -1.42. The third-order valence-electron chi connectivity index (χ3n) is 2.50. The second-order valence-electron chi connectivity index (χ2n) is 3.77. The lowest BCUT2D eigenvalue weighted by molar-refractivity contribution is 0.0697. The van der Waals surface area contributed by atoms with Crippen LogP contribution in [0.15, 0.2) is 17.0 Å². The van der Waals surface area contributed by atoms with Crippen molar-refractivity contribution in [2.75, 3.05) is 13.6 Å². The molecule has 0 heterocycles. The van der Waals surface area contributed by atoms with Crippen LogP contribution >= 0.6 is 23.2 Å². The van der Waals surface area contributed by atoms with Gasteiger partial charge in [-0.05, 0) is 12.1 Å². The van der Waals surface area contributed by atoms with E-state index in [9.17, 15) is 13.2 Å². The Balaban J connectivity index is 3.38. The van der Waals surface area contributed by atoms with Gasteiger partial charge in [0.15, 0.2) is 0 Å². The summed E-state index contributed by atoms with van der Waals surface area (Å²) in [6, 6.07) is 4.11. The van der Waals surface area contributed by atoms with Gasteiger partial charge in [0.05, 0.1) is 21.7 Å². The number of benzene rings is 1. The van der Waals surface area contributed by atoms with Crippen molar-refractivity contribution in [2.45, 2.75) is 11.3 Å². The van der Waals surface area contributed by atoms with E-state index in [1.165, 1.54) is 7.05 Å². The normalized spacial score (nSPS) is 11.3. The lowest BCUT2D eigenvalue weighted by Gasteiger charge is -2.17. The summed E-state index contributed by atoms with van der Waals surface area (Å²) in [6.45, 7) is -0.0276. The molecule has 1 N–H and O–H groups in total. The molecule has 0 saturated carbocycles. The largest absolute Gasteiger partial charge is 0.478 e. The van der Waals surface area contributed by atoms with Gasteiger partial charge in [0.1, 0.15) is 4.90 Å². The molecule has 0 amide bonds. The first kappa shape index (κ1) is 16.7. The van der Waals surface area contributed by atoms with Crippen LogP contribution in [-0.4, -0.2) is 37.4 Å². The molecule has 0 spiro atoms. The van der Waals surface area contributed by atoms with Gasteiger partial charge in [-0.15, -0.1) is 0 Å². The van der Waals surface area contributed by atoms with Crippen LogP contribution in [0.25, 0.3) is 0 Å². The average molecular weight is 337 g/mol. The fourth-order valence-electron chi connectivity index (χ4n) is 1.42. The SMILES string of the molecule is CN(CCC#N)S(=O)(=O)c1ccc(Cl)c(C(=O)O)c1Cl. The van der Waals surface area contributed by atoms with Gasteiger partial charge >= 0.3 is 5.97 Å². The molecule has 0 aromatic heterocycles. The van der Waals surface area contributed by atoms with Gasteiger partial charge in [-0.2, -0.15) is 9.57 Å². The van der Waals surface area contributed by atoms with Gasteiger partial charge in [0.2, 0.25) is 10.0 Å². The highest BCUT2D eigenvalue weighted by Crippen LogP contribution is 2.32. The Morgan fingerprint density at radius 1 is 1.45 bits per heavy atom. The van der Waals surface area contributed by atoms with E-state index in [1.807, 2.05) is 6.07 Å². The van der Waals surface area contributed by atoms with Crippen molar-refractivity contribution in [3.8, 4) is 6.07 Å². The van der Waals surface area contributed by atoms with Gasteiger partial charge in [0.25, 0.3) is 0 Å². The maximum absolute atomic E-state index is 12.2. The minimum atomic E-state index is -3.99. The van der Waals surface area contributed by atoms with Crippen LogP contribution in [0.4, 0.5) is 0 Å². The molecule has 0 saturated heterocycles. The van der Waals surface area contributed by atoms with E-state index in [1.54, 1.807) is 0 Å². The lowest BCUT2D eigenvalue weighted by atomic mass is 10.2. The first-order valence-electron chi connectivity index (χ1n) is 5.28. The summed E-state index contributed by atoms with van der Waals surface area (Å²) in [6.07, 6.45) is 0.00667. The first-order chi connectivity index (χ1) is 9.23. The monoisotopic (exact) mass is 336 g/mol. The third-order valence-corrected chi connectivity index (χ3v) is 5.22. The van der Waals surface area contributed by atoms with Gasteiger partial charge < -0.3 is 5.11 Å². The van der Waals surface area contributed by atoms with Gasteiger partial charge in [-0.25, -0.2) is 13.2 Å². The van der Waals surface area contributed by atoms with Crippen molar-refractivity contribution in [2.24, 2.45) is 0 Å². The second-order valence-corrected chi connectivity index (χ2v) is 6.57. The molecule has 9 heteroatoms. The molecule has 6 nitrogen and oxygen atoms in total. The van der Waals surface area contributed by atoms with Crippen molar-refractivity contribution >= 4 is 39.2 Å². The van der Waals surface area contributed by atoms with Crippen molar-refractivity contribution in [1.29, 1.82) is 5.26 Å². The molecule has 0 fully saturated rings. The van der Waals surface area contributed by atoms with Crippen LogP contribution in [0, 0.1) is 11.3 Å². The standard InChI is InChI=1S/C11H10Cl2N2O4S/c1-15(6-2-5-14)20(18,19)8-4-3-7(12)9(10(8)13)11(16)17/h3-4H,2,6H2,1H3,(H,16,17). The number of sulfonamides is 1. The van der Waals surface area contributed by atoms with E-state index in [0.29, 0.717) is 0 Å². The van der Waals surface area contributed by atoms with E-state index >= 15 is 0 Å². The van der Waals surface area contributed by atoms with Crippen molar-refractivity contribution in [1.82, 2.24) is 4.31 Å². The first-order valence-corrected chi connectivity index (χ1v) is 7.47. The molecule has 0 bridgehead atoms. The van der Waals surface area contributed by atoms with Gasteiger partial charge in [-0.3, -0.25) is 0 Å². The highest BCUT2D eigenvalue weighted by molar-refractivity contribution is 7.89. The summed E-state index contributed by atoms with van der Waals surface area (Å²) in [7, 11) is -2.71. The summed E-state index contributed by atoms with van der Waals surface area (Å²) >= 11 is 11.5. The predicted molar refractivity (Wildman–Crippen MR) is 73.5 cm³/mol. The molecule has 0 atom stereocenters. The maximum atomic E-state index is 12.2. The number of halogens is 2. The topological polar surface area (TPSA) is 98.5 Å². The van der Waals surface area contributed by atoms with Gasteiger partial charge in [-0.1, -0.05) is 23.2 Å². The molecule has 0 radical (unpaired) electrons. The Labute approximate surface area is 126 Å². The van der Waals surface area contributed by atoms with Crippen molar-refractivity contribution in [3.05, 3.63) is 27.7 Å². The number of carboxylic acid groups (broad SMARTS) is 1. The Hall–Kier alpha value is -1.33. The number of carboxylic acids is 1. The quantitative estimate of drug-likeness (QED) is 0.888. The number of nitriles is 1. The van der Waals surface area contributed by atoms with Gasteiger partial charge in [0, 0.05) is 20.0 Å². The molecule has 1 rings (SSSR count). The molecule has 0 aliphatic heterocycles. The molecule has 108 valence electrons. The molecule has 1 aromatic rings. The molecular formula is C11H10Cl2N2O4S. The zero-order chi connectivity index (χ0) is 15.5. The number of aromatic carboxylic acids is 1. The smallest absolute Gasteiger partial charge is 0.338 e. The van der Waals surface area contributed by atoms with Crippen LogP contribution in [0.5, 0.6) is 0 Å². The summed E-state index contributed by atoms with van der Waals surface area (Å²) in [5.41, 5.74) is -0.469. The average Bonchev–Trinajstić information content (AvgIpc) is 2.34. The van der Waals surface area contributed by atoms with E-state index in [0.717, 1.165) is 16.4 Å². The Morgan fingerprint density at radius 2 is 2.05 bits per heavy atom. The summed E-state index contributed by atoms with van der Waals surface area (Å²) in [4.78, 5) is 10.7. The number of hydrogen-bond donors (Lipinski definition) is 1. The van der Waals surface area contributed by atoms with Crippen LogP contribution in [0.1, 0.15) is 16.8 Å². The molecule has 0 aliphatic rings. The number of carbonyl (C=O) groups is 1. The third kappa shape index (κ3) is 3.22. The van der Waals surface area contributed by atoms with Crippen molar-refractivity contribution < 1.29 is 18.3 Å². The van der Waals surface area contributed by atoms with E-state index in [2.05, 4.69) is 0 Å². The second kappa shape index (κ2) is 6.41. The highest BCUT2D eigenvalue weighted by atomic mass is 35.5. The molecule has 1 aromatic carbocycles. The molecule has 0 aliphatic carbocycles. The fourth-order valence-corrected chi connectivity index (χ4v) is 3.48. The van der Waals surface area contributed by atoms with E-state index in [-0.39, 0.29) is 22.9 Å². The number of hydrogen-bond acceptors (Lipinski definition) is 4. The minimum Gasteiger partial charge on any atom is -0.478 e. The van der Waals surface area contributed by atoms with Crippen LogP contribution in [-0.2, 0) is 10.0 Å². The molecule has 20 heavy (non-hydrogen) atoms. The number of nitrogens with zero attached hydrogens (tertiary/aromatic N) is 2. The zero-order valence-electron chi connectivity index (χ0n) is 10.3. The zero-order valence-corrected chi connectivity index (χ0v) is 12.6.